The molecule has 0 radical (unpaired) electrons. The van der Waals surface area contributed by atoms with Gasteiger partial charge in [0.05, 0.1) is 0 Å². The van der Waals surface area contributed by atoms with E-state index in [0.29, 0.717) is 0 Å². The quantitative estimate of drug-likeness (QED) is 0.775. The second kappa shape index (κ2) is 5.80. The predicted octanol–water partition coefficient (Wildman–Crippen LogP) is 2.87. The highest BCUT2D eigenvalue weighted by Gasteiger charge is 2.37. The topological polar surface area (TPSA) is 29.5 Å². The molecule has 2 heterocycles. The van der Waals surface area contributed by atoms with Gasteiger partial charge in [0.25, 0.3) is 0 Å². The molecule has 3 nitrogen and oxygen atoms in total. The van der Waals surface area contributed by atoms with Gasteiger partial charge in [0.15, 0.2) is 0 Å². The molecule has 0 aliphatic carbocycles. The molecule has 0 amide bonds. The molecule has 0 aromatic heterocycles. The fraction of sp³-hybridized carbons (Fsp3) is 0.471. The number of benzene rings is 1. The van der Waals surface area contributed by atoms with Crippen LogP contribution in [0.15, 0.2) is 35.9 Å². The van der Waals surface area contributed by atoms with E-state index in [4.69, 9.17) is 4.74 Å². The molecule has 20 heavy (non-hydrogen) atoms. The van der Waals surface area contributed by atoms with Gasteiger partial charge in [-0.15, -0.1) is 0 Å². The molecule has 1 aromatic carbocycles. The van der Waals surface area contributed by atoms with Crippen molar-refractivity contribution in [3.8, 4) is 0 Å². The van der Waals surface area contributed by atoms with Crippen LogP contribution in [0.4, 0.5) is 0 Å². The van der Waals surface area contributed by atoms with Crippen LogP contribution in [-0.2, 0) is 9.53 Å². The van der Waals surface area contributed by atoms with Gasteiger partial charge in [-0.25, -0.2) is 0 Å². The molecule has 0 saturated carbocycles. The Balaban J connectivity index is 1.60. The first-order valence-electron chi connectivity index (χ1n) is 7.41. The van der Waals surface area contributed by atoms with Crippen molar-refractivity contribution >= 4 is 12.0 Å². The highest BCUT2D eigenvalue weighted by molar-refractivity contribution is 5.78. The second-order valence-corrected chi connectivity index (χ2v) is 5.75. The summed E-state index contributed by atoms with van der Waals surface area (Å²) < 4.78 is 5.25. The Morgan fingerprint density at radius 3 is 2.50 bits per heavy atom. The van der Waals surface area contributed by atoms with Gasteiger partial charge in [-0.2, -0.15) is 0 Å². The Bertz CT molecular complexity index is 499. The summed E-state index contributed by atoms with van der Waals surface area (Å²) in [6.45, 7) is 3.90. The van der Waals surface area contributed by atoms with E-state index >= 15 is 0 Å². The number of piperidine rings is 1. The van der Waals surface area contributed by atoms with E-state index in [2.05, 4.69) is 35.2 Å². The van der Waals surface area contributed by atoms with Crippen LogP contribution in [0.1, 0.15) is 31.7 Å². The molecular weight excluding hydrogens is 250 g/mol. The van der Waals surface area contributed by atoms with Crippen LogP contribution in [0, 0.1) is 0 Å². The molecule has 2 aliphatic heterocycles. The summed E-state index contributed by atoms with van der Waals surface area (Å²) in [6.07, 6.45) is 5.30. The number of carbonyl (C=O) groups excluding carboxylic acids is 1. The van der Waals surface area contributed by atoms with E-state index in [1.807, 2.05) is 13.0 Å². The maximum Gasteiger partial charge on any atom is 0.323 e. The van der Waals surface area contributed by atoms with E-state index < -0.39 is 0 Å². The summed E-state index contributed by atoms with van der Waals surface area (Å²) in [6, 6.07) is 10.4. The van der Waals surface area contributed by atoms with Crippen LogP contribution in [0.25, 0.3) is 6.08 Å². The average molecular weight is 271 g/mol. The zero-order valence-corrected chi connectivity index (χ0v) is 11.9. The number of likely N-dealkylation sites (tertiary alicyclic amines) is 1. The number of rotatable bonds is 2. The number of ether oxygens (including phenoxy) is 1. The summed E-state index contributed by atoms with van der Waals surface area (Å²) >= 11 is 0. The van der Waals surface area contributed by atoms with Crippen LogP contribution in [-0.4, -0.2) is 36.1 Å². The number of cyclic esters (lactones) is 1. The Kier molecular flexibility index (Phi) is 3.88. The molecule has 2 aliphatic rings. The highest BCUT2D eigenvalue weighted by Crippen LogP contribution is 2.26. The smallest absolute Gasteiger partial charge is 0.323 e. The van der Waals surface area contributed by atoms with Crippen LogP contribution < -0.4 is 0 Å². The minimum Gasteiger partial charge on any atom is -0.461 e. The first kappa shape index (κ1) is 13.4. The maximum absolute atomic E-state index is 11.8. The molecule has 0 bridgehead atoms. The number of hydrogen-bond donors (Lipinski definition) is 0. The van der Waals surface area contributed by atoms with Crippen molar-refractivity contribution < 1.29 is 9.53 Å². The molecule has 0 N–H and O–H groups in total. The van der Waals surface area contributed by atoms with E-state index in [1.165, 1.54) is 11.1 Å². The second-order valence-electron chi connectivity index (χ2n) is 5.75. The number of carbonyl (C=O) groups is 1. The maximum atomic E-state index is 11.8. The third-order valence-electron chi connectivity index (χ3n) is 4.20. The van der Waals surface area contributed by atoms with E-state index in [-0.39, 0.29) is 18.1 Å². The van der Waals surface area contributed by atoms with Crippen molar-refractivity contribution in [2.45, 2.75) is 38.3 Å². The van der Waals surface area contributed by atoms with Crippen LogP contribution in [0.5, 0.6) is 0 Å². The standard InChI is InChI=1S/C17H21NO2/c1-13-11-16(17(19)20-13)18-9-7-15(8-10-18)12-14-5-3-2-4-6-14/h2-6,12-13,16H,7-11H2,1H3/t13-,16+/m0/s1. The van der Waals surface area contributed by atoms with Gasteiger partial charge in [0.2, 0.25) is 0 Å². The van der Waals surface area contributed by atoms with Gasteiger partial charge >= 0.3 is 5.97 Å². The molecule has 3 rings (SSSR count). The fourth-order valence-corrected chi connectivity index (χ4v) is 3.09. The minimum atomic E-state index is -0.0343. The van der Waals surface area contributed by atoms with Crippen molar-refractivity contribution in [2.75, 3.05) is 13.1 Å². The first-order valence-corrected chi connectivity index (χ1v) is 7.41. The molecule has 0 unspecified atom stereocenters. The van der Waals surface area contributed by atoms with Crippen molar-refractivity contribution in [3.63, 3.8) is 0 Å². The normalized spacial score (nSPS) is 27.4. The molecule has 0 spiro atoms. The van der Waals surface area contributed by atoms with Crippen molar-refractivity contribution in [1.29, 1.82) is 0 Å². The lowest BCUT2D eigenvalue weighted by Crippen LogP contribution is -2.42. The highest BCUT2D eigenvalue weighted by atomic mass is 16.6. The Hall–Kier alpha value is -1.61. The van der Waals surface area contributed by atoms with Crippen molar-refractivity contribution in [2.24, 2.45) is 0 Å². The van der Waals surface area contributed by atoms with Gasteiger partial charge in [-0.1, -0.05) is 42.0 Å². The Morgan fingerprint density at radius 2 is 1.90 bits per heavy atom. The van der Waals surface area contributed by atoms with Crippen molar-refractivity contribution in [3.05, 3.63) is 41.5 Å². The van der Waals surface area contributed by atoms with E-state index in [9.17, 15) is 4.79 Å². The lowest BCUT2D eigenvalue weighted by atomic mass is 9.99. The average Bonchev–Trinajstić information content (AvgIpc) is 2.80. The number of nitrogens with zero attached hydrogens (tertiary/aromatic N) is 1. The molecule has 2 saturated heterocycles. The molecule has 2 atom stereocenters. The molecule has 3 heteroatoms. The molecule has 106 valence electrons. The third kappa shape index (κ3) is 2.93. The summed E-state index contributed by atoms with van der Waals surface area (Å²) in [4.78, 5) is 14.1. The summed E-state index contributed by atoms with van der Waals surface area (Å²) in [5, 5.41) is 0. The summed E-state index contributed by atoms with van der Waals surface area (Å²) in [5.41, 5.74) is 2.75. The Morgan fingerprint density at radius 1 is 1.20 bits per heavy atom. The molecule has 1 aromatic rings. The zero-order valence-electron chi connectivity index (χ0n) is 11.9. The predicted molar refractivity (Wildman–Crippen MR) is 79.2 cm³/mol. The first-order chi connectivity index (χ1) is 9.72. The Labute approximate surface area is 120 Å². The summed E-state index contributed by atoms with van der Waals surface area (Å²) in [7, 11) is 0. The SMILES string of the molecule is C[C@H]1C[C@@H](N2CCC(=Cc3ccccc3)CC2)C(=O)O1. The van der Waals surface area contributed by atoms with Gasteiger partial charge < -0.3 is 4.74 Å². The zero-order chi connectivity index (χ0) is 13.9. The fourth-order valence-electron chi connectivity index (χ4n) is 3.09. The lowest BCUT2D eigenvalue weighted by molar-refractivity contribution is -0.144. The van der Waals surface area contributed by atoms with Crippen LogP contribution in [0.3, 0.4) is 0 Å². The van der Waals surface area contributed by atoms with E-state index in [0.717, 1.165) is 32.4 Å². The molecule has 2 fully saturated rings. The van der Waals surface area contributed by atoms with Crippen LogP contribution >= 0.6 is 0 Å². The van der Waals surface area contributed by atoms with Crippen LogP contribution in [0.2, 0.25) is 0 Å². The van der Waals surface area contributed by atoms with Gasteiger partial charge in [-0.05, 0) is 25.3 Å². The van der Waals surface area contributed by atoms with E-state index in [1.54, 1.807) is 0 Å². The monoisotopic (exact) mass is 271 g/mol. The molecular formula is C17H21NO2. The van der Waals surface area contributed by atoms with Gasteiger partial charge in [0.1, 0.15) is 12.1 Å². The van der Waals surface area contributed by atoms with Gasteiger partial charge in [-0.3, -0.25) is 9.69 Å². The number of hydrogen-bond acceptors (Lipinski definition) is 3. The minimum absolute atomic E-state index is 0.0109. The van der Waals surface area contributed by atoms with Gasteiger partial charge in [0, 0.05) is 19.5 Å². The largest absolute Gasteiger partial charge is 0.461 e. The van der Waals surface area contributed by atoms with Crippen molar-refractivity contribution in [1.82, 2.24) is 4.90 Å². The summed E-state index contributed by atoms with van der Waals surface area (Å²) in [5.74, 6) is -0.0343. The third-order valence-corrected chi connectivity index (χ3v) is 4.20. The number of esters is 1. The lowest BCUT2D eigenvalue weighted by Gasteiger charge is -2.31.